The molecule has 0 saturated heterocycles. The van der Waals surface area contributed by atoms with Crippen LogP contribution >= 0.6 is 0 Å². The molecule has 32 heavy (non-hydrogen) atoms. The van der Waals surface area contributed by atoms with Gasteiger partial charge in [0.25, 0.3) is 5.91 Å². The molecule has 0 fully saturated rings. The number of carbonyl (C=O) groups is 2. The van der Waals surface area contributed by atoms with Crippen molar-refractivity contribution in [1.82, 2.24) is 9.97 Å². The Labute approximate surface area is 207 Å². The first kappa shape index (κ1) is 23.1. The Morgan fingerprint density at radius 2 is 1.41 bits per heavy atom. The third kappa shape index (κ3) is 5.03. The fourth-order valence-corrected chi connectivity index (χ4v) is 3.19. The van der Waals surface area contributed by atoms with Crippen LogP contribution in [-0.4, -0.2) is 32.1 Å². The first-order valence-corrected chi connectivity index (χ1v) is 9.35. The number of aromatic hydroxyl groups is 1. The largest absolute Gasteiger partial charge is 1.00 e. The van der Waals surface area contributed by atoms with Gasteiger partial charge >= 0.3 is 35.5 Å². The van der Waals surface area contributed by atoms with Crippen molar-refractivity contribution in [2.75, 3.05) is 5.32 Å². The number of aromatic carboxylic acids is 1. The fourth-order valence-electron chi connectivity index (χ4n) is 3.19. The van der Waals surface area contributed by atoms with Gasteiger partial charge < -0.3 is 17.0 Å². The van der Waals surface area contributed by atoms with Gasteiger partial charge in [0, 0.05) is 18.0 Å². The summed E-state index contributed by atoms with van der Waals surface area (Å²) >= 11 is 0. The van der Waals surface area contributed by atoms with Crippen LogP contribution in [0.1, 0.15) is 22.1 Å². The Bertz CT molecular complexity index is 1270. The van der Waals surface area contributed by atoms with Crippen molar-refractivity contribution >= 4 is 17.6 Å². The first-order chi connectivity index (χ1) is 15.0. The smallest absolute Gasteiger partial charge is 1.00 e. The molecule has 3 aromatic carbocycles. The van der Waals surface area contributed by atoms with Crippen molar-refractivity contribution < 1.29 is 50.8 Å². The number of nitrogens with one attached hydrogen (secondary N) is 1. The molecule has 0 radical (unpaired) electrons. The van der Waals surface area contributed by atoms with E-state index in [2.05, 4.69) is 15.3 Å². The van der Waals surface area contributed by atoms with Crippen LogP contribution < -0.4 is 34.9 Å². The van der Waals surface area contributed by atoms with Crippen LogP contribution in [0.3, 0.4) is 0 Å². The molecule has 1 aromatic heterocycles. The zero-order valence-corrected chi connectivity index (χ0v) is 19.2. The van der Waals surface area contributed by atoms with E-state index >= 15 is 0 Å². The van der Waals surface area contributed by atoms with E-state index in [1.54, 1.807) is 30.6 Å². The average Bonchev–Trinajstić information content (AvgIpc) is 2.80. The van der Waals surface area contributed by atoms with Gasteiger partial charge in [0.05, 0.1) is 16.8 Å². The summed E-state index contributed by atoms with van der Waals surface area (Å²) in [6.45, 7) is 0. The minimum atomic E-state index is -1.17. The summed E-state index contributed by atoms with van der Waals surface area (Å²) in [6, 6.07) is 18.7. The first-order valence-electron chi connectivity index (χ1n) is 9.35. The second-order valence-corrected chi connectivity index (χ2v) is 6.74. The maximum absolute atomic E-state index is 12.8. The number of anilines is 1. The number of hydrogen-bond acceptors (Lipinski definition) is 5. The predicted octanol–water partition coefficient (Wildman–Crippen LogP) is 1.58. The monoisotopic (exact) mass is 435 g/mol. The van der Waals surface area contributed by atoms with E-state index in [4.69, 9.17) is 0 Å². The predicted molar refractivity (Wildman–Crippen MR) is 117 cm³/mol. The number of phenols is 1. The van der Waals surface area contributed by atoms with Gasteiger partial charge in [0.15, 0.2) is 0 Å². The van der Waals surface area contributed by atoms with Crippen molar-refractivity contribution in [3.63, 3.8) is 0 Å². The second-order valence-electron chi connectivity index (χ2n) is 6.74. The van der Waals surface area contributed by atoms with E-state index in [-0.39, 0.29) is 53.5 Å². The molecule has 154 valence electrons. The second kappa shape index (κ2) is 10.2. The minimum Gasteiger partial charge on any atom is -1.00 e. The number of aromatic nitrogens is 2. The van der Waals surface area contributed by atoms with E-state index in [0.29, 0.717) is 11.1 Å². The van der Waals surface area contributed by atoms with Gasteiger partial charge in [0.2, 0.25) is 0 Å². The summed E-state index contributed by atoms with van der Waals surface area (Å²) in [5.41, 5.74) is 3.07. The van der Waals surface area contributed by atoms with Crippen LogP contribution in [-0.2, 0) is 0 Å². The molecule has 0 spiro atoms. The van der Waals surface area contributed by atoms with Crippen molar-refractivity contribution in [1.29, 1.82) is 0 Å². The molecule has 0 aliphatic carbocycles. The Balaban J connectivity index is 0.00000193. The standard InChI is InChI=1S/C24H17N3O4.Na.H/c28-22-11-17(18-12-25-14-26-13-18)7-9-20(22)23(29)27-21-10-16(6-8-19(21)24(30)31)15-4-2-1-3-5-15;;/h1-14,28H,(H,27,29)(H,30,31);;/q;+1;-1. The topological polar surface area (TPSA) is 112 Å². The number of carboxylic acids is 1. The minimum absolute atomic E-state index is 0. The van der Waals surface area contributed by atoms with Gasteiger partial charge in [-0.15, -0.1) is 0 Å². The maximum Gasteiger partial charge on any atom is 1.00 e. The zero-order valence-electron chi connectivity index (χ0n) is 18.2. The van der Waals surface area contributed by atoms with Gasteiger partial charge in [-0.25, -0.2) is 14.8 Å². The van der Waals surface area contributed by atoms with Crippen molar-refractivity contribution in [2.45, 2.75) is 0 Å². The fraction of sp³-hybridized carbons (Fsp3) is 0. The molecule has 7 nitrogen and oxygen atoms in total. The molecule has 0 aliphatic rings. The van der Waals surface area contributed by atoms with Crippen LogP contribution in [0, 0.1) is 0 Å². The summed E-state index contributed by atoms with van der Waals surface area (Å²) in [5.74, 6) is -2.03. The summed E-state index contributed by atoms with van der Waals surface area (Å²) in [6.07, 6.45) is 4.58. The molecule has 0 bridgehead atoms. The molecular formula is C24H18N3NaO4. The molecule has 4 aromatic rings. The Kier molecular flexibility index (Phi) is 7.37. The molecule has 1 amide bonds. The number of phenolic OH excluding ortho intramolecular Hbond substituents is 1. The van der Waals surface area contributed by atoms with Crippen molar-refractivity contribution in [3.05, 3.63) is 96.6 Å². The number of benzene rings is 3. The van der Waals surface area contributed by atoms with E-state index in [1.165, 1.54) is 24.5 Å². The summed E-state index contributed by atoms with van der Waals surface area (Å²) < 4.78 is 0. The third-order valence-corrected chi connectivity index (χ3v) is 4.74. The number of rotatable bonds is 5. The average molecular weight is 435 g/mol. The molecule has 3 N–H and O–H groups in total. The molecule has 0 atom stereocenters. The number of amides is 1. The van der Waals surface area contributed by atoms with Gasteiger partial charge in [-0.1, -0.05) is 42.5 Å². The van der Waals surface area contributed by atoms with Gasteiger partial charge in [-0.05, 0) is 41.0 Å². The van der Waals surface area contributed by atoms with E-state index in [0.717, 1.165) is 11.1 Å². The molecular weight excluding hydrogens is 417 g/mol. The van der Waals surface area contributed by atoms with Gasteiger partial charge in [-0.3, -0.25) is 4.79 Å². The van der Waals surface area contributed by atoms with Crippen LogP contribution in [0.5, 0.6) is 5.75 Å². The summed E-state index contributed by atoms with van der Waals surface area (Å²) in [5, 5.41) is 22.5. The molecule has 0 aliphatic heterocycles. The van der Waals surface area contributed by atoms with Crippen molar-refractivity contribution in [3.8, 4) is 28.0 Å². The van der Waals surface area contributed by atoms with E-state index < -0.39 is 11.9 Å². The molecule has 0 saturated carbocycles. The van der Waals surface area contributed by atoms with Gasteiger partial charge in [-0.2, -0.15) is 0 Å². The summed E-state index contributed by atoms with van der Waals surface area (Å²) in [4.78, 5) is 32.3. The summed E-state index contributed by atoms with van der Waals surface area (Å²) in [7, 11) is 0. The van der Waals surface area contributed by atoms with E-state index in [9.17, 15) is 19.8 Å². The maximum atomic E-state index is 12.8. The molecule has 4 rings (SSSR count). The number of carbonyl (C=O) groups excluding carboxylic acids is 1. The zero-order chi connectivity index (χ0) is 21.8. The quantitative estimate of drug-likeness (QED) is 0.411. The Hall–Kier alpha value is -3.52. The Morgan fingerprint density at radius 3 is 2.03 bits per heavy atom. The SMILES string of the molecule is O=C(Nc1cc(-c2ccccc2)ccc1C(=O)O)c1ccc(-c2cncnc2)cc1O.[H-].[Na+]. The molecule has 1 heterocycles. The van der Waals surface area contributed by atoms with Crippen LogP contribution in [0.25, 0.3) is 22.3 Å². The van der Waals surface area contributed by atoms with Gasteiger partial charge in [0.1, 0.15) is 12.1 Å². The molecule has 0 unspecified atom stereocenters. The third-order valence-electron chi connectivity index (χ3n) is 4.74. The van der Waals surface area contributed by atoms with Crippen LogP contribution in [0.15, 0.2) is 85.5 Å². The number of nitrogens with zero attached hydrogens (tertiary/aromatic N) is 2. The van der Waals surface area contributed by atoms with E-state index in [1.807, 2.05) is 30.3 Å². The number of hydrogen-bond donors (Lipinski definition) is 3. The Morgan fingerprint density at radius 1 is 0.781 bits per heavy atom. The van der Waals surface area contributed by atoms with Crippen molar-refractivity contribution in [2.24, 2.45) is 0 Å². The van der Waals surface area contributed by atoms with Crippen LogP contribution in [0.4, 0.5) is 5.69 Å². The number of carboxylic acid groups (broad SMARTS) is 1. The molecule has 8 heteroatoms. The van der Waals surface area contributed by atoms with Crippen LogP contribution in [0.2, 0.25) is 0 Å². The normalized spacial score (nSPS) is 10.1.